The van der Waals surface area contributed by atoms with Crippen LogP contribution in [0.3, 0.4) is 0 Å². The number of amides is 4. The minimum Gasteiger partial charge on any atom is -0.480 e. The number of hydrogen-bond acceptors (Lipinski definition) is 8. The van der Waals surface area contributed by atoms with Crippen molar-refractivity contribution >= 4 is 53.1 Å². The number of carbonyl (C=O) groups is 5. The van der Waals surface area contributed by atoms with E-state index in [-0.39, 0.29) is 19.3 Å². The fourth-order valence-corrected chi connectivity index (χ4v) is 4.27. The van der Waals surface area contributed by atoms with Crippen LogP contribution in [-0.4, -0.2) is 82.9 Å². The van der Waals surface area contributed by atoms with E-state index in [4.69, 9.17) is 11.5 Å². The molecule has 0 radical (unpaired) electrons. The zero-order valence-corrected chi connectivity index (χ0v) is 22.7. The van der Waals surface area contributed by atoms with Gasteiger partial charge < -0.3 is 32.5 Å². The molecule has 0 bridgehead atoms. The molecule has 0 fully saturated rings. The topological polar surface area (TPSA) is 194 Å². The maximum atomic E-state index is 13.2. The van der Waals surface area contributed by atoms with Crippen LogP contribution in [0.4, 0.5) is 0 Å². The van der Waals surface area contributed by atoms with E-state index in [1.54, 1.807) is 42.1 Å². The minimum absolute atomic E-state index is 0.0804. The van der Waals surface area contributed by atoms with Crippen molar-refractivity contribution in [3.05, 3.63) is 35.9 Å². The van der Waals surface area contributed by atoms with Crippen LogP contribution in [0.2, 0.25) is 0 Å². The lowest BCUT2D eigenvalue weighted by Crippen LogP contribution is -2.57. The molecule has 0 spiro atoms. The highest BCUT2D eigenvalue weighted by atomic mass is 32.2. The molecule has 206 valence electrons. The fourth-order valence-electron chi connectivity index (χ4n) is 3.31. The molecule has 37 heavy (non-hydrogen) atoms. The van der Waals surface area contributed by atoms with Gasteiger partial charge in [0.25, 0.3) is 0 Å². The van der Waals surface area contributed by atoms with E-state index < -0.39 is 53.8 Å². The van der Waals surface area contributed by atoms with Crippen LogP contribution in [0.15, 0.2) is 30.3 Å². The summed E-state index contributed by atoms with van der Waals surface area (Å²) in [5.74, 6) is -2.54. The Kier molecular flexibility index (Phi) is 15.4. The first-order chi connectivity index (χ1) is 17.6. The molecule has 13 heteroatoms. The summed E-state index contributed by atoms with van der Waals surface area (Å²) in [5, 5.41) is 17.2. The molecular weight excluding hydrogens is 518 g/mol. The van der Waals surface area contributed by atoms with Gasteiger partial charge in [-0.05, 0) is 48.8 Å². The van der Waals surface area contributed by atoms with Gasteiger partial charge in [-0.2, -0.15) is 23.5 Å². The van der Waals surface area contributed by atoms with E-state index in [2.05, 4.69) is 16.0 Å². The first-order valence-corrected chi connectivity index (χ1v) is 14.6. The summed E-state index contributed by atoms with van der Waals surface area (Å²) in [6.45, 7) is 0. The number of thioether (sulfide) groups is 2. The molecule has 0 aliphatic heterocycles. The molecule has 0 saturated carbocycles. The molecule has 8 N–H and O–H groups in total. The molecule has 0 aromatic heterocycles. The normalized spacial score (nSPS) is 14.0. The third kappa shape index (κ3) is 12.8. The number of aliphatic carboxylic acids is 1. The highest BCUT2D eigenvalue weighted by molar-refractivity contribution is 7.98. The highest BCUT2D eigenvalue weighted by Crippen LogP contribution is 2.08. The van der Waals surface area contributed by atoms with Gasteiger partial charge >= 0.3 is 5.97 Å². The molecular formula is C24H37N5O6S2. The van der Waals surface area contributed by atoms with Crippen molar-refractivity contribution in [2.75, 3.05) is 24.0 Å². The van der Waals surface area contributed by atoms with Crippen molar-refractivity contribution in [3.8, 4) is 0 Å². The number of hydrogen-bond donors (Lipinski definition) is 6. The molecule has 0 saturated heterocycles. The van der Waals surface area contributed by atoms with Crippen LogP contribution in [0, 0.1) is 0 Å². The summed E-state index contributed by atoms with van der Waals surface area (Å²) >= 11 is 3.05. The molecule has 0 aliphatic rings. The standard InChI is InChI=1S/C24H37N5O6S2/c1-36-12-10-16(25)21(31)27-17(11-13-37-2)22(32)29-19(14-15-6-4-3-5-7-15)23(33)28-18(24(34)35)8-9-20(26)30/h3-7,16-19H,8-14,25H2,1-2H3,(H2,26,30)(H,27,31)(H,28,33)(H,29,32)(H,34,35). The molecule has 0 aliphatic carbocycles. The van der Waals surface area contributed by atoms with Crippen LogP contribution in [0.1, 0.15) is 31.2 Å². The zero-order valence-electron chi connectivity index (χ0n) is 21.1. The summed E-state index contributed by atoms with van der Waals surface area (Å²) in [5.41, 5.74) is 11.8. The van der Waals surface area contributed by atoms with Gasteiger partial charge in [0.1, 0.15) is 18.1 Å². The van der Waals surface area contributed by atoms with Gasteiger partial charge in [-0.1, -0.05) is 30.3 Å². The smallest absolute Gasteiger partial charge is 0.326 e. The fraction of sp³-hybridized carbons (Fsp3) is 0.542. The Hall–Kier alpha value is -2.77. The molecule has 1 aromatic carbocycles. The summed E-state index contributed by atoms with van der Waals surface area (Å²) in [6, 6.07) is 4.68. The van der Waals surface area contributed by atoms with E-state index in [1.807, 2.05) is 12.5 Å². The van der Waals surface area contributed by atoms with Gasteiger partial charge in [-0.15, -0.1) is 0 Å². The Balaban J connectivity index is 3.07. The largest absolute Gasteiger partial charge is 0.480 e. The Morgan fingerprint density at radius 3 is 1.92 bits per heavy atom. The number of carboxylic acid groups (broad SMARTS) is 1. The van der Waals surface area contributed by atoms with Gasteiger partial charge in [0, 0.05) is 12.8 Å². The molecule has 4 amide bonds. The van der Waals surface area contributed by atoms with Gasteiger partial charge in [0.05, 0.1) is 6.04 Å². The zero-order chi connectivity index (χ0) is 27.8. The van der Waals surface area contributed by atoms with E-state index in [0.29, 0.717) is 24.3 Å². The third-order valence-corrected chi connectivity index (χ3v) is 6.71. The number of primary amides is 1. The monoisotopic (exact) mass is 555 g/mol. The average molecular weight is 556 g/mol. The second-order valence-electron chi connectivity index (χ2n) is 8.39. The van der Waals surface area contributed by atoms with Crippen LogP contribution in [-0.2, 0) is 30.4 Å². The summed E-state index contributed by atoms with van der Waals surface area (Å²) < 4.78 is 0. The van der Waals surface area contributed by atoms with Crippen molar-refractivity contribution in [3.63, 3.8) is 0 Å². The number of nitrogens with one attached hydrogen (secondary N) is 3. The van der Waals surface area contributed by atoms with Crippen molar-refractivity contribution in [2.45, 2.75) is 56.3 Å². The predicted octanol–water partition coefficient (Wildman–Crippen LogP) is -0.133. The Labute approximate surface area is 225 Å². The number of nitrogens with two attached hydrogens (primary N) is 2. The van der Waals surface area contributed by atoms with E-state index in [9.17, 15) is 29.1 Å². The van der Waals surface area contributed by atoms with Crippen LogP contribution < -0.4 is 27.4 Å². The van der Waals surface area contributed by atoms with Crippen molar-refractivity contribution < 1.29 is 29.1 Å². The lowest BCUT2D eigenvalue weighted by Gasteiger charge is -2.25. The van der Waals surface area contributed by atoms with E-state index in [1.165, 1.54) is 11.8 Å². The van der Waals surface area contributed by atoms with Gasteiger partial charge in [0.15, 0.2) is 0 Å². The summed E-state index contributed by atoms with van der Waals surface area (Å²) in [6.07, 6.45) is 4.19. The molecule has 4 atom stereocenters. The summed E-state index contributed by atoms with van der Waals surface area (Å²) in [4.78, 5) is 61.6. The molecule has 4 unspecified atom stereocenters. The molecule has 1 rings (SSSR count). The number of carbonyl (C=O) groups excluding carboxylic acids is 4. The number of carboxylic acids is 1. The van der Waals surface area contributed by atoms with Crippen LogP contribution >= 0.6 is 23.5 Å². The summed E-state index contributed by atoms with van der Waals surface area (Å²) in [7, 11) is 0. The SMILES string of the molecule is CSCCC(N)C(=O)NC(CCSC)C(=O)NC(Cc1ccccc1)C(=O)NC(CCC(N)=O)C(=O)O. The Morgan fingerprint density at radius 1 is 0.811 bits per heavy atom. The highest BCUT2D eigenvalue weighted by Gasteiger charge is 2.30. The first-order valence-electron chi connectivity index (χ1n) is 11.8. The van der Waals surface area contributed by atoms with Gasteiger partial charge in [-0.3, -0.25) is 19.2 Å². The first kappa shape index (κ1) is 32.3. The maximum absolute atomic E-state index is 13.2. The number of benzene rings is 1. The lowest BCUT2D eigenvalue weighted by atomic mass is 10.0. The molecule has 11 nitrogen and oxygen atoms in total. The second kappa shape index (κ2) is 17.6. The predicted molar refractivity (Wildman–Crippen MR) is 146 cm³/mol. The van der Waals surface area contributed by atoms with Crippen molar-refractivity contribution in [1.82, 2.24) is 16.0 Å². The Bertz CT molecular complexity index is 905. The van der Waals surface area contributed by atoms with E-state index >= 15 is 0 Å². The van der Waals surface area contributed by atoms with Crippen LogP contribution in [0.5, 0.6) is 0 Å². The van der Waals surface area contributed by atoms with E-state index in [0.717, 1.165) is 5.56 Å². The third-order valence-electron chi connectivity index (χ3n) is 5.42. The average Bonchev–Trinajstić information content (AvgIpc) is 2.86. The lowest BCUT2D eigenvalue weighted by molar-refractivity contribution is -0.142. The quantitative estimate of drug-likeness (QED) is 0.143. The van der Waals surface area contributed by atoms with Crippen molar-refractivity contribution in [1.29, 1.82) is 0 Å². The van der Waals surface area contributed by atoms with Gasteiger partial charge in [-0.25, -0.2) is 4.79 Å². The second-order valence-corrected chi connectivity index (χ2v) is 10.4. The Morgan fingerprint density at radius 2 is 1.35 bits per heavy atom. The van der Waals surface area contributed by atoms with Crippen molar-refractivity contribution in [2.24, 2.45) is 11.5 Å². The molecule has 1 aromatic rings. The minimum atomic E-state index is -1.36. The van der Waals surface area contributed by atoms with Gasteiger partial charge in [0.2, 0.25) is 23.6 Å². The number of rotatable bonds is 18. The maximum Gasteiger partial charge on any atom is 0.326 e. The van der Waals surface area contributed by atoms with Crippen LogP contribution in [0.25, 0.3) is 0 Å². The molecule has 0 heterocycles.